The van der Waals surface area contributed by atoms with Crippen LogP contribution in [-0.4, -0.2) is 23.0 Å². The zero-order chi connectivity index (χ0) is 20.3. The Hall–Kier alpha value is -3.41. The molecular formula is C22H24N4O2. The zero-order valence-corrected chi connectivity index (χ0v) is 16.8. The van der Waals surface area contributed by atoms with Gasteiger partial charge in [-0.05, 0) is 56.5 Å². The largest absolute Gasteiger partial charge is 0.495 e. The summed E-state index contributed by atoms with van der Waals surface area (Å²) in [6, 6.07) is 9.81. The van der Waals surface area contributed by atoms with Crippen molar-refractivity contribution in [1.82, 2.24) is 9.97 Å². The molecule has 0 saturated heterocycles. The summed E-state index contributed by atoms with van der Waals surface area (Å²) in [7, 11) is 1.57. The van der Waals surface area contributed by atoms with Crippen LogP contribution >= 0.6 is 0 Å². The van der Waals surface area contributed by atoms with E-state index in [1.54, 1.807) is 13.3 Å². The summed E-state index contributed by atoms with van der Waals surface area (Å²) in [6.07, 6.45) is 3.01. The van der Waals surface area contributed by atoms with E-state index >= 15 is 0 Å². The van der Waals surface area contributed by atoms with Gasteiger partial charge < -0.3 is 15.4 Å². The first-order chi connectivity index (χ1) is 13.4. The molecule has 0 atom stereocenters. The van der Waals surface area contributed by atoms with Crippen molar-refractivity contribution >= 4 is 23.1 Å². The molecule has 0 aliphatic heterocycles. The molecule has 6 nitrogen and oxygen atoms in total. The van der Waals surface area contributed by atoms with E-state index in [9.17, 15) is 4.79 Å². The van der Waals surface area contributed by atoms with E-state index in [-0.39, 0.29) is 11.6 Å². The molecule has 0 bridgehead atoms. The van der Waals surface area contributed by atoms with Gasteiger partial charge in [0.2, 0.25) is 0 Å². The lowest BCUT2D eigenvalue weighted by Gasteiger charge is -2.13. The van der Waals surface area contributed by atoms with Crippen LogP contribution in [0.3, 0.4) is 0 Å². The van der Waals surface area contributed by atoms with Gasteiger partial charge in [0.25, 0.3) is 5.91 Å². The predicted octanol–water partition coefficient (Wildman–Crippen LogP) is 4.71. The maximum absolute atomic E-state index is 12.5. The second-order valence-electron chi connectivity index (χ2n) is 6.84. The smallest absolute Gasteiger partial charge is 0.275 e. The van der Waals surface area contributed by atoms with Crippen molar-refractivity contribution in [3.05, 3.63) is 70.7 Å². The molecule has 0 unspecified atom stereocenters. The number of hydrogen-bond donors (Lipinski definition) is 2. The van der Waals surface area contributed by atoms with Crippen LogP contribution in [0, 0.1) is 27.7 Å². The standard InChI is InChI=1S/C22H24N4O2/c1-13-6-7-19(28-5)17(10-13)25-22(27)18-11-24-20(12-23-18)26-21-15(3)8-14(2)9-16(21)4/h6-12H,1-5H3,(H,24,26)(H,25,27). The van der Waals surface area contributed by atoms with Gasteiger partial charge >= 0.3 is 0 Å². The minimum absolute atomic E-state index is 0.228. The van der Waals surface area contributed by atoms with Crippen molar-refractivity contribution in [2.24, 2.45) is 0 Å². The molecule has 3 rings (SSSR count). The number of carbonyl (C=O) groups is 1. The van der Waals surface area contributed by atoms with Gasteiger partial charge in [-0.3, -0.25) is 4.79 Å². The van der Waals surface area contributed by atoms with E-state index in [0.29, 0.717) is 17.3 Å². The van der Waals surface area contributed by atoms with Crippen molar-refractivity contribution in [3.8, 4) is 5.75 Å². The summed E-state index contributed by atoms with van der Waals surface area (Å²) in [5, 5.41) is 6.11. The molecule has 3 aromatic rings. The second kappa shape index (κ2) is 8.08. The summed E-state index contributed by atoms with van der Waals surface area (Å²) in [4.78, 5) is 21.1. The van der Waals surface area contributed by atoms with Crippen LogP contribution in [0.1, 0.15) is 32.7 Å². The van der Waals surface area contributed by atoms with Gasteiger partial charge in [-0.15, -0.1) is 0 Å². The number of carbonyl (C=O) groups excluding carboxylic acids is 1. The summed E-state index contributed by atoms with van der Waals surface area (Å²) >= 11 is 0. The maximum atomic E-state index is 12.5. The lowest BCUT2D eigenvalue weighted by molar-refractivity contribution is 0.102. The van der Waals surface area contributed by atoms with E-state index in [1.165, 1.54) is 11.8 Å². The highest BCUT2D eigenvalue weighted by Gasteiger charge is 2.12. The molecule has 1 amide bonds. The number of rotatable bonds is 5. The Morgan fingerprint density at radius 3 is 2.25 bits per heavy atom. The van der Waals surface area contributed by atoms with Crippen LogP contribution in [0.4, 0.5) is 17.2 Å². The molecule has 1 heterocycles. The number of methoxy groups -OCH3 is 1. The van der Waals surface area contributed by atoms with E-state index in [1.807, 2.05) is 39.0 Å². The summed E-state index contributed by atoms with van der Waals surface area (Å²) in [5.74, 6) is 0.834. The molecule has 0 aliphatic rings. The molecule has 144 valence electrons. The van der Waals surface area contributed by atoms with Crippen LogP contribution in [0.5, 0.6) is 5.75 Å². The summed E-state index contributed by atoms with van der Waals surface area (Å²) in [5.41, 5.74) is 6.33. The Kier molecular flexibility index (Phi) is 5.59. The van der Waals surface area contributed by atoms with Crippen LogP contribution in [0.25, 0.3) is 0 Å². The highest BCUT2D eigenvalue weighted by molar-refractivity contribution is 6.03. The van der Waals surface area contributed by atoms with Gasteiger partial charge in [0.1, 0.15) is 17.3 Å². The fourth-order valence-electron chi connectivity index (χ4n) is 3.12. The molecule has 0 fully saturated rings. The van der Waals surface area contributed by atoms with Gasteiger partial charge in [0, 0.05) is 5.69 Å². The van der Waals surface area contributed by atoms with Crippen molar-refractivity contribution in [2.45, 2.75) is 27.7 Å². The fraction of sp³-hybridized carbons (Fsp3) is 0.227. The Morgan fingerprint density at radius 1 is 0.929 bits per heavy atom. The zero-order valence-electron chi connectivity index (χ0n) is 16.8. The first-order valence-electron chi connectivity index (χ1n) is 9.00. The number of benzene rings is 2. The number of aromatic nitrogens is 2. The second-order valence-corrected chi connectivity index (χ2v) is 6.84. The van der Waals surface area contributed by atoms with Crippen molar-refractivity contribution < 1.29 is 9.53 Å². The Morgan fingerprint density at radius 2 is 1.64 bits per heavy atom. The fourth-order valence-corrected chi connectivity index (χ4v) is 3.12. The lowest BCUT2D eigenvalue weighted by Crippen LogP contribution is -2.15. The minimum Gasteiger partial charge on any atom is -0.495 e. The van der Waals surface area contributed by atoms with E-state index < -0.39 is 0 Å². The Bertz CT molecular complexity index is 991. The SMILES string of the molecule is COc1ccc(C)cc1NC(=O)c1cnc(Nc2c(C)cc(C)cc2C)cn1. The highest BCUT2D eigenvalue weighted by Crippen LogP contribution is 2.26. The molecule has 1 aromatic heterocycles. The minimum atomic E-state index is -0.342. The number of aryl methyl sites for hydroxylation is 4. The van der Waals surface area contributed by atoms with Crippen molar-refractivity contribution in [1.29, 1.82) is 0 Å². The van der Waals surface area contributed by atoms with E-state index in [2.05, 4.69) is 39.7 Å². The average molecular weight is 376 g/mol. The molecule has 2 aromatic carbocycles. The maximum Gasteiger partial charge on any atom is 0.275 e. The number of ether oxygens (including phenoxy) is 1. The van der Waals surface area contributed by atoms with Crippen LogP contribution in [0.15, 0.2) is 42.7 Å². The number of nitrogens with zero attached hydrogens (tertiary/aromatic N) is 2. The highest BCUT2D eigenvalue weighted by atomic mass is 16.5. The average Bonchev–Trinajstić information content (AvgIpc) is 2.65. The molecule has 2 N–H and O–H groups in total. The van der Waals surface area contributed by atoms with Gasteiger partial charge in [-0.2, -0.15) is 0 Å². The molecular weight excluding hydrogens is 352 g/mol. The molecule has 0 saturated carbocycles. The number of amides is 1. The van der Waals surface area contributed by atoms with Crippen LogP contribution in [0.2, 0.25) is 0 Å². The summed E-state index contributed by atoms with van der Waals surface area (Å²) in [6.45, 7) is 8.12. The van der Waals surface area contributed by atoms with Gasteiger partial charge in [0.05, 0.1) is 25.2 Å². The number of anilines is 3. The quantitative estimate of drug-likeness (QED) is 0.674. The number of nitrogens with one attached hydrogen (secondary N) is 2. The Labute approximate surface area is 165 Å². The summed E-state index contributed by atoms with van der Waals surface area (Å²) < 4.78 is 5.29. The van der Waals surface area contributed by atoms with Crippen LogP contribution < -0.4 is 15.4 Å². The monoisotopic (exact) mass is 376 g/mol. The van der Waals surface area contributed by atoms with E-state index in [0.717, 1.165) is 22.4 Å². The third-order valence-corrected chi connectivity index (χ3v) is 4.42. The first kappa shape index (κ1) is 19.4. The Balaban J connectivity index is 1.76. The molecule has 6 heteroatoms. The third-order valence-electron chi connectivity index (χ3n) is 4.42. The molecule has 28 heavy (non-hydrogen) atoms. The molecule has 0 radical (unpaired) electrons. The van der Waals surface area contributed by atoms with Gasteiger partial charge in [-0.1, -0.05) is 23.8 Å². The topological polar surface area (TPSA) is 76.1 Å². The van der Waals surface area contributed by atoms with Crippen molar-refractivity contribution in [2.75, 3.05) is 17.7 Å². The third kappa shape index (κ3) is 4.28. The van der Waals surface area contributed by atoms with Crippen molar-refractivity contribution in [3.63, 3.8) is 0 Å². The van der Waals surface area contributed by atoms with Crippen LogP contribution in [-0.2, 0) is 0 Å². The first-order valence-corrected chi connectivity index (χ1v) is 9.00. The molecule has 0 aliphatic carbocycles. The normalized spacial score (nSPS) is 10.5. The molecule has 0 spiro atoms. The number of hydrogen-bond acceptors (Lipinski definition) is 5. The van der Waals surface area contributed by atoms with Gasteiger partial charge in [-0.25, -0.2) is 9.97 Å². The predicted molar refractivity (Wildman–Crippen MR) is 112 cm³/mol. The van der Waals surface area contributed by atoms with Gasteiger partial charge in [0.15, 0.2) is 0 Å². The lowest BCUT2D eigenvalue weighted by atomic mass is 10.1. The van der Waals surface area contributed by atoms with E-state index in [4.69, 9.17) is 4.74 Å².